The van der Waals surface area contributed by atoms with Gasteiger partial charge in [0.1, 0.15) is 5.82 Å². The summed E-state index contributed by atoms with van der Waals surface area (Å²) >= 11 is 0. The molecule has 1 aromatic heterocycles. The molecule has 112 valence electrons. The number of nitrogens with zero attached hydrogens (tertiary/aromatic N) is 2. The summed E-state index contributed by atoms with van der Waals surface area (Å²) in [7, 11) is 1.84. The Morgan fingerprint density at radius 3 is 3.00 bits per heavy atom. The van der Waals surface area contributed by atoms with E-state index in [4.69, 9.17) is 21.1 Å². The standard InChI is InChI=1S/C13H23N5O2/c1-18-12(14)10(7-16-18)11(17-15)9-2-4-20-13(6-9)3-5-19-8-13/h7,9,11,17H,2-6,8,14-15H2,1H3. The maximum Gasteiger partial charge on any atom is 0.126 e. The molecule has 0 aliphatic carbocycles. The molecule has 3 rings (SSSR count). The molecule has 0 amide bonds. The third-order valence-corrected chi connectivity index (χ3v) is 4.60. The second-order valence-electron chi connectivity index (χ2n) is 5.84. The number of hydrazine groups is 1. The minimum absolute atomic E-state index is 0.00470. The van der Waals surface area contributed by atoms with E-state index in [1.54, 1.807) is 10.9 Å². The van der Waals surface area contributed by atoms with Crippen molar-refractivity contribution in [3.05, 3.63) is 11.8 Å². The zero-order valence-electron chi connectivity index (χ0n) is 11.8. The molecule has 0 radical (unpaired) electrons. The van der Waals surface area contributed by atoms with Gasteiger partial charge in [-0.05, 0) is 18.8 Å². The summed E-state index contributed by atoms with van der Waals surface area (Å²) in [6.45, 7) is 2.21. The molecule has 7 heteroatoms. The topological polar surface area (TPSA) is 100 Å². The van der Waals surface area contributed by atoms with Crippen LogP contribution in [-0.4, -0.2) is 35.2 Å². The van der Waals surface area contributed by atoms with Crippen LogP contribution in [0.2, 0.25) is 0 Å². The number of rotatable bonds is 3. The first-order chi connectivity index (χ1) is 9.65. The van der Waals surface area contributed by atoms with Crippen LogP contribution in [0.5, 0.6) is 0 Å². The first-order valence-corrected chi connectivity index (χ1v) is 7.10. The molecule has 1 aromatic rings. The van der Waals surface area contributed by atoms with E-state index in [1.165, 1.54) is 0 Å². The van der Waals surface area contributed by atoms with Crippen LogP contribution in [0, 0.1) is 5.92 Å². The Labute approximate surface area is 118 Å². The van der Waals surface area contributed by atoms with E-state index in [0.29, 0.717) is 18.3 Å². The molecule has 2 aliphatic heterocycles. The SMILES string of the molecule is Cn1ncc(C(NN)C2CCOC3(CCOC3)C2)c1N. The number of hydrogen-bond acceptors (Lipinski definition) is 6. The van der Waals surface area contributed by atoms with Gasteiger partial charge in [-0.25, -0.2) is 0 Å². The van der Waals surface area contributed by atoms with Gasteiger partial charge in [0.25, 0.3) is 0 Å². The van der Waals surface area contributed by atoms with Crippen molar-refractivity contribution in [3.63, 3.8) is 0 Å². The van der Waals surface area contributed by atoms with Crippen molar-refractivity contribution in [2.24, 2.45) is 18.8 Å². The number of hydrogen-bond donors (Lipinski definition) is 3. The fraction of sp³-hybridized carbons (Fsp3) is 0.769. The largest absolute Gasteiger partial charge is 0.384 e. The highest BCUT2D eigenvalue weighted by molar-refractivity contribution is 5.41. The normalized spacial score (nSPS) is 31.8. The Kier molecular flexibility index (Phi) is 3.68. The summed E-state index contributed by atoms with van der Waals surface area (Å²) < 4.78 is 13.2. The molecule has 0 saturated carbocycles. The lowest BCUT2D eigenvalue weighted by molar-refractivity contribution is -0.103. The molecule has 3 unspecified atom stereocenters. The van der Waals surface area contributed by atoms with Crippen molar-refractivity contribution in [2.45, 2.75) is 30.9 Å². The van der Waals surface area contributed by atoms with Gasteiger partial charge >= 0.3 is 0 Å². The van der Waals surface area contributed by atoms with E-state index < -0.39 is 0 Å². The van der Waals surface area contributed by atoms with Crippen molar-refractivity contribution in [2.75, 3.05) is 25.6 Å². The summed E-state index contributed by atoms with van der Waals surface area (Å²) in [5.41, 5.74) is 9.84. The van der Waals surface area contributed by atoms with Gasteiger partial charge < -0.3 is 15.2 Å². The first-order valence-electron chi connectivity index (χ1n) is 7.10. The molecular formula is C13H23N5O2. The molecule has 7 nitrogen and oxygen atoms in total. The zero-order valence-corrected chi connectivity index (χ0v) is 11.8. The van der Waals surface area contributed by atoms with Crippen molar-refractivity contribution in [3.8, 4) is 0 Å². The molecule has 2 saturated heterocycles. The highest BCUT2D eigenvalue weighted by Crippen LogP contribution is 2.41. The van der Waals surface area contributed by atoms with Gasteiger partial charge in [0.05, 0.1) is 24.4 Å². The van der Waals surface area contributed by atoms with Gasteiger partial charge in [-0.2, -0.15) is 5.10 Å². The average Bonchev–Trinajstić information content (AvgIpc) is 3.02. The number of nitrogens with one attached hydrogen (secondary N) is 1. The lowest BCUT2D eigenvalue weighted by Gasteiger charge is -2.40. The quantitative estimate of drug-likeness (QED) is 0.536. The maximum atomic E-state index is 6.08. The van der Waals surface area contributed by atoms with Crippen LogP contribution < -0.4 is 17.0 Å². The van der Waals surface area contributed by atoms with E-state index in [2.05, 4.69) is 10.5 Å². The average molecular weight is 281 g/mol. The van der Waals surface area contributed by atoms with E-state index in [0.717, 1.165) is 38.0 Å². The van der Waals surface area contributed by atoms with Crippen molar-refractivity contribution in [1.29, 1.82) is 0 Å². The Hall–Kier alpha value is -1.15. The Morgan fingerprint density at radius 1 is 1.55 bits per heavy atom. The monoisotopic (exact) mass is 281 g/mol. The first kappa shape index (κ1) is 13.8. The molecule has 0 aromatic carbocycles. The third-order valence-electron chi connectivity index (χ3n) is 4.60. The third kappa shape index (κ3) is 2.31. The molecule has 0 bridgehead atoms. The van der Waals surface area contributed by atoms with Gasteiger partial charge in [0.2, 0.25) is 0 Å². The molecule has 3 heterocycles. The van der Waals surface area contributed by atoms with Gasteiger partial charge in [0.15, 0.2) is 0 Å². The fourth-order valence-electron chi connectivity index (χ4n) is 3.40. The Bertz CT molecular complexity index is 469. The predicted molar refractivity (Wildman–Crippen MR) is 74.5 cm³/mol. The minimum atomic E-state index is -0.130. The molecule has 3 atom stereocenters. The molecule has 5 N–H and O–H groups in total. The van der Waals surface area contributed by atoms with E-state index in [9.17, 15) is 0 Å². The Morgan fingerprint density at radius 2 is 2.40 bits per heavy atom. The molecule has 2 aliphatic rings. The van der Waals surface area contributed by atoms with E-state index in [-0.39, 0.29) is 11.6 Å². The second-order valence-corrected chi connectivity index (χ2v) is 5.84. The number of ether oxygens (including phenoxy) is 2. The maximum absolute atomic E-state index is 6.08. The van der Waals surface area contributed by atoms with Crippen LogP contribution >= 0.6 is 0 Å². The van der Waals surface area contributed by atoms with Crippen molar-refractivity contribution in [1.82, 2.24) is 15.2 Å². The van der Waals surface area contributed by atoms with Crippen LogP contribution in [0.15, 0.2) is 6.20 Å². The summed E-state index contributed by atoms with van der Waals surface area (Å²) in [6.07, 6.45) is 4.66. The van der Waals surface area contributed by atoms with E-state index in [1.807, 2.05) is 7.05 Å². The molecule has 20 heavy (non-hydrogen) atoms. The summed E-state index contributed by atoms with van der Waals surface area (Å²) in [4.78, 5) is 0. The number of nitrogen functional groups attached to an aromatic ring is 1. The van der Waals surface area contributed by atoms with Crippen LogP contribution in [0.3, 0.4) is 0 Å². The van der Waals surface area contributed by atoms with Gasteiger partial charge in [-0.3, -0.25) is 16.0 Å². The lowest BCUT2D eigenvalue weighted by Crippen LogP contribution is -2.45. The summed E-state index contributed by atoms with van der Waals surface area (Å²) in [5, 5.41) is 4.21. The highest BCUT2D eigenvalue weighted by Gasteiger charge is 2.43. The highest BCUT2D eigenvalue weighted by atomic mass is 16.6. The minimum Gasteiger partial charge on any atom is -0.384 e. The summed E-state index contributed by atoms with van der Waals surface area (Å²) in [6, 6.07) is 0.00470. The van der Waals surface area contributed by atoms with Gasteiger partial charge in [-0.15, -0.1) is 0 Å². The number of aryl methyl sites for hydroxylation is 1. The molecular weight excluding hydrogens is 258 g/mol. The van der Waals surface area contributed by atoms with Crippen molar-refractivity contribution >= 4 is 5.82 Å². The number of aromatic nitrogens is 2. The molecule has 1 spiro atoms. The zero-order chi connectivity index (χ0) is 14.2. The van der Waals surface area contributed by atoms with Gasteiger partial charge in [0, 0.05) is 32.2 Å². The number of nitrogens with two attached hydrogens (primary N) is 2. The summed E-state index contributed by atoms with van der Waals surface area (Å²) in [5.74, 6) is 6.83. The van der Waals surface area contributed by atoms with Crippen LogP contribution in [0.25, 0.3) is 0 Å². The molecule has 2 fully saturated rings. The van der Waals surface area contributed by atoms with E-state index >= 15 is 0 Å². The second kappa shape index (κ2) is 5.33. The van der Waals surface area contributed by atoms with Crippen LogP contribution in [-0.2, 0) is 16.5 Å². The number of anilines is 1. The lowest BCUT2D eigenvalue weighted by atomic mass is 9.79. The van der Waals surface area contributed by atoms with Crippen LogP contribution in [0.4, 0.5) is 5.82 Å². The smallest absolute Gasteiger partial charge is 0.126 e. The Balaban J connectivity index is 1.80. The van der Waals surface area contributed by atoms with Crippen molar-refractivity contribution < 1.29 is 9.47 Å². The van der Waals surface area contributed by atoms with Gasteiger partial charge in [-0.1, -0.05) is 0 Å². The fourth-order valence-corrected chi connectivity index (χ4v) is 3.40. The predicted octanol–water partition coefficient (Wildman–Crippen LogP) is 0.0924. The van der Waals surface area contributed by atoms with Crippen LogP contribution in [0.1, 0.15) is 30.9 Å².